The molecule has 0 aromatic heterocycles. The first-order valence-electron chi connectivity index (χ1n) is 6.37. The highest BCUT2D eigenvalue weighted by Gasteiger charge is 2.17. The van der Waals surface area contributed by atoms with Crippen molar-refractivity contribution in [1.29, 1.82) is 0 Å². The molecule has 0 spiro atoms. The monoisotopic (exact) mass is 241 g/mol. The molecule has 18 heavy (non-hydrogen) atoms. The number of carbonyl (C=O) groups is 1. The molecule has 0 fully saturated rings. The maximum atomic E-state index is 12.4. The van der Waals surface area contributed by atoms with Gasteiger partial charge in [0, 0.05) is 11.6 Å². The van der Waals surface area contributed by atoms with Gasteiger partial charge in [0.15, 0.2) is 5.78 Å². The summed E-state index contributed by atoms with van der Waals surface area (Å²) in [5.74, 6) is 0.153. The highest BCUT2D eigenvalue weighted by molar-refractivity contribution is 6.10. The van der Waals surface area contributed by atoms with Crippen LogP contribution in [-0.2, 0) is 0 Å². The SMILES string of the molecule is CC(C)N[C@H](C)C(=O)c1cccc2ccccc12. The predicted molar refractivity (Wildman–Crippen MR) is 76.0 cm³/mol. The number of rotatable bonds is 4. The average Bonchev–Trinajstić information content (AvgIpc) is 2.36. The molecule has 0 radical (unpaired) electrons. The van der Waals surface area contributed by atoms with E-state index in [9.17, 15) is 4.79 Å². The van der Waals surface area contributed by atoms with E-state index in [-0.39, 0.29) is 11.8 Å². The van der Waals surface area contributed by atoms with Gasteiger partial charge in [0.05, 0.1) is 6.04 Å². The van der Waals surface area contributed by atoms with Crippen LogP contribution in [0.1, 0.15) is 31.1 Å². The third kappa shape index (κ3) is 2.59. The van der Waals surface area contributed by atoms with E-state index < -0.39 is 0 Å². The quantitative estimate of drug-likeness (QED) is 0.831. The Morgan fingerprint density at radius 2 is 1.67 bits per heavy atom. The Hall–Kier alpha value is -1.67. The Morgan fingerprint density at radius 3 is 2.39 bits per heavy atom. The highest BCUT2D eigenvalue weighted by Crippen LogP contribution is 2.19. The second-order valence-electron chi connectivity index (χ2n) is 4.93. The number of Topliss-reactive ketones (excluding diaryl/α,β-unsaturated/α-hetero) is 1. The predicted octanol–water partition coefficient (Wildman–Crippen LogP) is 3.41. The van der Waals surface area contributed by atoms with Crippen LogP contribution in [0.25, 0.3) is 10.8 Å². The molecule has 0 aliphatic carbocycles. The van der Waals surface area contributed by atoms with Crippen LogP contribution in [-0.4, -0.2) is 17.9 Å². The van der Waals surface area contributed by atoms with Crippen molar-refractivity contribution in [1.82, 2.24) is 5.32 Å². The van der Waals surface area contributed by atoms with Gasteiger partial charge in [-0.1, -0.05) is 56.3 Å². The van der Waals surface area contributed by atoms with Crippen LogP contribution in [0.2, 0.25) is 0 Å². The first kappa shape index (κ1) is 12.8. The molecule has 2 aromatic rings. The van der Waals surface area contributed by atoms with Gasteiger partial charge in [-0.25, -0.2) is 0 Å². The fourth-order valence-electron chi connectivity index (χ4n) is 2.25. The lowest BCUT2D eigenvalue weighted by atomic mass is 9.98. The maximum Gasteiger partial charge on any atom is 0.180 e. The summed E-state index contributed by atoms with van der Waals surface area (Å²) in [7, 11) is 0. The van der Waals surface area contributed by atoms with Crippen LogP contribution in [0.15, 0.2) is 42.5 Å². The minimum atomic E-state index is -0.157. The molecular formula is C16H19NO. The second kappa shape index (κ2) is 5.32. The molecule has 0 heterocycles. The molecule has 1 atom stereocenters. The van der Waals surface area contributed by atoms with Gasteiger partial charge in [-0.05, 0) is 17.7 Å². The zero-order valence-electron chi connectivity index (χ0n) is 11.1. The molecule has 94 valence electrons. The van der Waals surface area contributed by atoms with Gasteiger partial charge >= 0.3 is 0 Å². The Kier molecular flexibility index (Phi) is 3.78. The summed E-state index contributed by atoms with van der Waals surface area (Å²) < 4.78 is 0. The standard InChI is InChI=1S/C16H19NO/c1-11(2)17-12(3)16(18)15-10-6-8-13-7-4-5-9-14(13)15/h4-12,17H,1-3H3/t12-/m1/s1. The molecule has 0 amide bonds. The molecule has 1 N–H and O–H groups in total. The maximum absolute atomic E-state index is 12.4. The van der Waals surface area contributed by atoms with Gasteiger partial charge in [0.1, 0.15) is 0 Å². The first-order chi connectivity index (χ1) is 8.59. The van der Waals surface area contributed by atoms with Gasteiger partial charge in [0.25, 0.3) is 0 Å². The largest absolute Gasteiger partial charge is 0.305 e. The molecule has 2 heteroatoms. The second-order valence-corrected chi connectivity index (χ2v) is 4.93. The number of ketones is 1. The van der Waals surface area contributed by atoms with Crippen molar-refractivity contribution in [3.05, 3.63) is 48.0 Å². The van der Waals surface area contributed by atoms with Crippen LogP contribution in [0.3, 0.4) is 0 Å². The highest BCUT2D eigenvalue weighted by atomic mass is 16.1. The Bertz CT molecular complexity index is 555. The number of hydrogen-bond donors (Lipinski definition) is 1. The van der Waals surface area contributed by atoms with E-state index in [0.717, 1.165) is 16.3 Å². The summed E-state index contributed by atoms with van der Waals surface area (Å²) in [6, 6.07) is 14.0. The number of hydrogen-bond acceptors (Lipinski definition) is 2. The molecule has 0 bridgehead atoms. The van der Waals surface area contributed by atoms with Crippen molar-refractivity contribution >= 4 is 16.6 Å². The third-order valence-electron chi connectivity index (χ3n) is 3.03. The van der Waals surface area contributed by atoms with Gasteiger partial charge in [-0.15, -0.1) is 0 Å². The lowest BCUT2D eigenvalue weighted by Gasteiger charge is -2.16. The zero-order chi connectivity index (χ0) is 13.1. The Labute approximate surface area is 108 Å². The van der Waals surface area contributed by atoms with E-state index in [1.807, 2.05) is 63.2 Å². The topological polar surface area (TPSA) is 29.1 Å². The molecular weight excluding hydrogens is 222 g/mol. The van der Waals surface area contributed by atoms with E-state index in [2.05, 4.69) is 5.32 Å². The molecule has 2 aromatic carbocycles. The summed E-state index contributed by atoms with van der Waals surface area (Å²) in [6.45, 7) is 6.02. The van der Waals surface area contributed by atoms with Crippen molar-refractivity contribution < 1.29 is 4.79 Å². The zero-order valence-corrected chi connectivity index (χ0v) is 11.1. The summed E-state index contributed by atoms with van der Waals surface area (Å²) in [5.41, 5.74) is 0.800. The van der Waals surface area contributed by atoms with E-state index >= 15 is 0 Å². The summed E-state index contributed by atoms with van der Waals surface area (Å²) in [5, 5.41) is 5.40. The van der Waals surface area contributed by atoms with Gasteiger partial charge in [-0.3, -0.25) is 4.79 Å². The lowest BCUT2D eigenvalue weighted by Crippen LogP contribution is -2.38. The van der Waals surface area contributed by atoms with E-state index in [1.54, 1.807) is 0 Å². The Balaban J connectivity index is 2.39. The minimum Gasteiger partial charge on any atom is -0.305 e. The van der Waals surface area contributed by atoms with Crippen molar-refractivity contribution in [2.24, 2.45) is 0 Å². The van der Waals surface area contributed by atoms with Gasteiger partial charge in [-0.2, -0.15) is 0 Å². The molecule has 0 saturated heterocycles. The normalized spacial score (nSPS) is 12.9. The molecule has 2 rings (SSSR count). The summed E-state index contributed by atoms with van der Waals surface area (Å²) >= 11 is 0. The van der Waals surface area contributed by atoms with Crippen molar-refractivity contribution in [2.75, 3.05) is 0 Å². The number of carbonyl (C=O) groups excluding carboxylic acids is 1. The number of nitrogens with one attached hydrogen (secondary N) is 1. The van der Waals surface area contributed by atoms with Crippen LogP contribution >= 0.6 is 0 Å². The van der Waals surface area contributed by atoms with E-state index in [0.29, 0.717) is 6.04 Å². The molecule has 0 saturated carbocycles. The first-order valence-corrected chi connectivity index (χ1v) is 6.37. The van der Waals surface area contributed by atoms with E-state index in [1.165, 1.54) is 0 Å². The average molecular weight is 241 g/mol. The smallest absolute Gasteiger partial charge is 0.180 e. The number of benzene rings is 2. The summed E-state index contributed by atoms with van der Waals surface area (Å²) in [4.78, 5) is 12.4. The fraction of sp³-hybridized carbons (Fsp3) is 0.312. The third-order valence-corrected chi connectivity index (χ3v) is 3.03. The van der Waals surface area contributed by atoms with Crippen LogP contribution in [0, 0.1) is 0 Å². The van der Waals surface area contributed by atoms with Crippen molar-refractivity contribution in [2.45, 2.75) is 32.9 Å². The summed E-state index contributed by atoms with van der Waals surface area (Å²) in [6.07, 6.45) is 0. The molecule has 0 aliphatic heterocycles. The van der Waals surface area contributed by atoms with Crippen LogP contribution < -0.4 is 5.32 Å². The molecule has 2 nitrogen and oxygen atoms in total. The van der Waals surface area contributed by atoms with Crippen LogP contribution in [0.5, 0.6) is 0 Å². The van der Waals surface area contributed by atoms with Crippen molar-refractivity contribution in [3.63, 3.8) is 0 Å². The van der Waals surface area contributed by atoms with Gasteiger partial charge in [0.2, 0.25) is 0 Å². The fourth-order valence-corrected chi connectivity index (χ4v) is 2.25. The molecule has 0 aliphatic rings. The van der Waals surface area contributed by atoms with Crippen LogP contribution in [0.4, 0.5) is 0 Å². The molecule has 0 unspecified atom stereocenters. The van der Waals surface area contributed by atoms with Gasteiger partial charge < -0.3 is 5.32 Å². The van der Waals surface area contributed by atoms with E-state index in [4.69, 9.17) is 0 Å². The lowest BCUT2D eigenvalue weighted by molar-refractivity contribution is 0.0948. The number of fused-ring (bicyclic) bond motifs is 1. The Morgan fingerprint density at radius 1 is 1.00 bits per heavy atom. The van der Waals surface area contributed by atoms with Crippen molar-refractivity contribution in [3.8, 4) is 0 Å². The minimum absolute atomic E-state index is 0.153.